The fourth-order valence-corrected chi connectivity index (χ4v) is 6.90. The van der Waals surface area contributed by atoms with Gasteiger partial charge in [0.25, 0.3) is 0 Å². The van der Waals surface area contributed by atoms with Gasteiger partial charge in [-0.15, -0.1) is 11.3 Å². The molecule has 1 saturated heterocycles. The highest BCUT2D eigenvalue weighted by atomic mass is 32.1. The lowest BCUT2D eigenvalue weighted by Crippen LogP contribution is -2.46. The molecule has 7 heteroatoms. The molecule has 2 N–H and O–H groups in total. The van der Waals surface area contributed by atoms with Gasteiger partial charge in [0, 0.05) is 35.7 Å². The second kappa shape index (κ2) is 9.20. The van der Waals surface area contributed by atoms with Crippen LogP contribution in [0.5, 0.6) is 0 Å². The van der Waals surface area contributed by atoms with Gasteiger partial charge >= 0.3 is 0 Å². The lowest BCUT2D eigenvalue weighted by Gasteiger charge is -2.39. The van der Waals surface area contributed by atoms with Crippen LogP contribution >= 0.6 is 11.3 Å². The number of nitrogens with one attached hydrogen (secondary N) is 2. The summed E-state index contributed by atoms with van der Waals surface area (Å²) in [6.07, 6.45) is 8.49. The van der Waals surface area contributed by atoms with E-state index in [4.69, 9.17) is 14.7 Å². The van der Waals surface area contributed by atoms with Gasteiger partial charge in [-0.1, -0.05) is 17.7 Å². The third kappa shape index (κ3) is 4.46. The fraction of sp³-hybridized carbons (Fsp3) is 0.538. The molecule has 3 aliphatic rings. The Hall–Kier alpha value is -2.22. The number of aromatic nitrogens is 2. The van der Waals surface area contributed by atoms with Crippen molar-refractivity contribution < 1.29 is 4.74 Å². The molecule has 3 heterocycles. The molecule has 2 aromatic heterocycles. The molecule has 1 aliphatic heterocycles. The Morgan fingerprint density at radius 2 is 1.79 bits per heavy atom. The summed E-state index contributed by atoms with van der Waals surface area (Å²) in [4.78, 5) is 15.2. The number of hydrogen-bond donors (Lipinski definition) is 2. The van der Waals surface area contributed by atoms with Crippen molar-refractivity contribution in [3.8, 4) is 0 Å². The summed E-state index contributed by atoms with van der Waals surface area (Å²) < 4.78 is 5.55. The zero-order chi connectivity index (χ0) is 22.2. The zero-order valence-electron chi connectivity index (χ0n) is 19.4. The van der Waals surface area contributed by atoms with Gasteiger partial charge in [-0.25, -0.2) is 4.98 Å². The van der Waals surface area contributed by atoms with Crippen LogP contribution in [-0.4, -0.2) is 53.3 Å². The van der Waals surface area contributed by atoms with Crippen molar-refractivity contribution >= 4 is 39.0 Å². The molecular weight excluding hydrogens is 430 g/mol. The van der Waals surface area contributed by atoms with E-state index >= 15 is 0 Å². The average Bonchev–Trinajstić information content (AvgIpc) is 3.43. The second-order valence-corrected chi connectivity index (χ2v) is 10.8. The number of thiophene rings is 1. The molecule has 2 aliphatic carbocycles. The maximum atomic E-state index is 5.55. The van der Waals surface area contributed by atoms with Gasteiger partial charge < -0.3 is 15.4 Å². The molecule has 2 fully saturated rings. The number of anilines is 3. The number of rotatable bonds is 5. The summed E-state index contributed by atoms with van der Waals surface area (Å²) in [7, 11) is 0. The highest BCUT2D eigenvalue weighted by Gasteiger charge is 2.29. The summed E-state index contributed by atoms with van der Waals surface area (Å²) in [5.74, 6) is 1.72. The van der Waals surface area contributed by atoms with Crippen molar-refractivity contribution in [2.75, 3.05) is 36.9 Å². The molecule has 0 radical (unpaired) electrons. The van der Waals surface area contributed by atoms with E-state index in [1.165, 1.54) is 59.9 Å². The van der Waals surface area contributed by atoms with Gasteiger partial charge in [0.05, 0.1) is 18.6 Å². The third-order valence-corrected chi connectivity index (χ3v) is 8.66. The lowest BCUT2D eigenvalue weighted by molar-refractivity contribution is 0.00791. The molecule has 1 saturated carbocycles. The van der Waals surface area contributed by atoms with E-state index in [1.54, 1.807) is 0 Å². The molecule has 0 spiro atoms. The summed E-state index contributed by atoms with van der Waals surface area (Å²) >= 11 is 1.86. The molecule has 1 aromatic carbocycles. The standard InChI is InChI=1S/C26H33N5OS/c1-17-5-7-19(8-6-17)28-26-29-24(23-21-3-2-4-22(21)33-25(23)30-26)27-18-9-11-20(12-10-18)31-13-15-32-16-14-31/h5-8,18,20H,2-4,9-16H2,1H3,(H2,27,28,29,30). The number of benzene rings is 1. The van der Waals surface area contributed by atoms with Gasteiger partial charge in [0.15, 0.2) is 0 Å². The van der Waals surface area contributed by atoms with E-state index in [0.29, 0.717) is 18.0 Å². The normalized spacial score (nSPS) is 23.5. The number of nitrogens with zero attached hydrogens (tertiary/aromatic N) is 3. The lowest BCUT2D eigenvalue weighted by atomic mass is 9.90. The quantitative estimate of drug-likeness (QED) is 0.536. The van der Waals surface area contributed by atoms with Gasteiger partial charge in [-0.3, -0.25) is 4.90 Å². The van der Waals surface area contributed by atoms with Crippen molar-refractivity contribution in [3.63, 3.8) is 0 Å². The monoisotopic (exact) mass is 463 g/mol. The average molecular weight is 464 g/mol. The molecule has 6 rings (SSSR count). The van der Waals surface area contributed by atoms with Gasteiger partial charge in [0.1, 0.15) is 10.6 Å². The number of fused-ring (bicyclic) bond motifs is 3. The zero-order valence-corrected chi connectivity index (χ0v) is 20.2. The molecule has 0 unspecified atom stereocenters. The molecule has 6 nitrogen and oxygen atoms in total. The summed E-state index contributed by atoms with van der Waals surface area (Å²) in [6, 6.07) is 9.61. The minimum absolute atomic E-state index is 0.476. The van der Waals surface area contributed by atoms with Crippen molar-refractivity contribution in [1.29, 1.82) is 0 Å². The van der Waals surface area contributed by atoms with Crippen LogP contribution in [0.2, 0.25) is 0 Å². The van der Waals surface area contributed by atoms with Gasteiger partial charge in [-0.2, -0.15) is 4.98 Å². The topological polar surface area (TPSA) is 62.3 Å². The first-order chi connectivity index (χ1) is 16.2. The van der Waals surface area contributed by atoms with Gasteiger partial charge in [-0.05, 0) is 69.6 Å². The fourth-order valence-electron chi connectivity index (χ4n) is 5.64. The van der Waals surface area contributed by atoms with Crippen molar-refractivity contribution in [2.24, 2.45) is 0 Å². The third-order valence-electron chi connectivity index (χ3n) is 7.47. The van der Waals surface area contributed by atoms with Crippen LogP contribution in [0.3, 0.4) is 0 Å². The van der Waals surface area contributed by atoms with Crippen LogP contribution < -0.4 is 10.6 Å². The maximum absolute atomic E-state index is 5.55. The molecule has 174 valence electrons. The highest BCUT2D eigenvalue weighted by molar-refractivity contribution is 7.19. The van der Waals surface area contributed by atoms with Crippen LogP contribution in [0.4, 0.5) is 17.5 Å². The smallest absolute Gasteiger partial charge is 0.230 e. The largest absolute Gasteiger partial charge is 0.379 e. The second-order valence-electron chi connectivity index (χ2n) is 9.72. The van der Waals surface area contributed by atoms with E-state index in [1.807, 2.05) is 11.3 Å². The predicted octanol–water partition coefficient (Wildman–Crippen LogP) is 5.29. The van der Waals surface area contributed by atoms with Crippen LogP contribution in [0.15, 0.2) is 24.3 Å². The Morgan fingerprint density at radius 1 is 1.00 bits per heavy atom. The Kier molecular flexibility index (Phi) is 5.94. The predicted molar refractivity (Wildman–Crippen MR) is 136 cm³/mol. The Morgan fingerprint density at radius 3 is 2.58 bits per heavy atom. The van der Waals surface area contributed by atoms with Crippen molar-refractivity contribution in [2.45, 2.75) is 64.0 Å². The van der Waals surface area contributed by atoms with E-state index in [-0.39, 0.29) is 0 Å². The molecule has 33 heavy (non-hydrogen) atoms. The molecule has 0 atom stereocenters. The number of ether oxygens (including phenoxy) is 1. The number of morpholine rings is 1. The van der Waals surface area contributed by atoms with Crippen molar-refractivity contribution in [3.05, 3.63) is 40.3 Å². The highest BCUT2D eigenvalue weighted by Crippen LogP contribution is 2.41. The first-order valence-corrected chi connectivity index (χ1v) is 13.3. The van der Waals surface area contributed by atoms with E-state index in [0.717, 1.165) is 49.1 Å². The summed E-state index contributed by atoms with van der Waals surface area (Å²) in [6.45, 7) is 6.05. The molecule has 0 amide bonds. The Balaban J connectivity index is 1.23. The van der Waals surface area contributed by atoms with E-state index in [9.17, 15) is 0 Å². The minimum Gasteiger partial charge on any atom is -0.379 e. The van der Waals surface area contributed by atoms with Crippen LogP contribution in [0, 0.1) is 6.92 Å². The molecule has 3 aromatic rings. The molecular formula is C26H33N5OS. The SMILES string of the molecule is Cc1ccc(Nc2nc(NC3CCC(N4CCOCC4)CC3)c3c4c(sc3n2)CCC4)cc1. The van der Waals surface area contributed by atoms with Crippen LogP contribution in [-0.2, 0) is 17.6 Å². The first kappa shape index (κ1) is 21.3. The minimum atomic E-state index is 0.476. The van der Waals surface area contributed by atoms with Crippen molar-refractivity contribution in [1.82, 2.24) is 14.9 Å². The first-order valence-electron chi connectivity index (χ1n) is 12.5. The van der Waals surface area contributed by atoms with Crippen LogP contribution in [0.1, 0.15) is 48.1 Å². The van der Waals surface area contributed by atoms with E-state index in [2.05, 4.69) is 46.7 Å². The Labute approximate surface area is 199 Å². The van der Waals surface area contributed by atoms with Crippen LogP contribution in [0.25, 0.3) is 10.2 Å². The van der Waals surface area contributed by atoms with E-state index < -0.39 is 0 Å². The van der Waals surface area contributed by atoms with Gasteiger partial charge in [0.2, 0.25) is 5.95 Å². The maximum Gasteiger partial charge on any atom is 0.230 e. The number of hydrogen-bond acceptors (Lipinski definition) is 7. The summed E-state index contributed by atoms with van der Waals surface area (Å²) in [5.41, 5.74) is 3.77. The summed E-state index contributed by atoms with van der Waals surface area (Å²) in [5, 5.41) is 8.59. The molecule has 0 bridgehead atoms. The number of aryl methyl sites for hydroxylation is 3. The Bertz CT molecular complexity index is 1110.